The molecule has 2 heterocycles. The number of rotatable bonds is 5. The largest absolute Gasteiger partial charge is 0.363 e. The maximum Gasteiger partial charge on any atom is 0.313 e. The summed E-state index contributed by atoms with van der Waals surface area (Å²) >= 11 is 0. The van der Waals surface area contributed by atoms with E-state index in [1.54, 1.807) is 49.2 Å². The normalized spacial score (nSPS) is 10.3. The zero-order chi connectivity index (χ0) is 19.2. The molecule has 0 bridgehead atoms. The van der Waals surface area contributed by atoms with Crippen LogP contribution in [-0.2, 0) is 16.1 Å². The van der Waals surface area contributed by atoms with Crippen LogP contribution in [0.5, 0.6) is 0 Å². The molecule has 0 spiro atoms. The van der Waals surface area contributed by atoms with E-state index in [0.717, 1.165) is 17.1 Å². The van der Waals surface area contributed by atoms with Gasteiger partial charge in [0.25, 0.3) is 0 Å². The van der Waals surface area contributed by atoms with Crippen LogP contribution < -0.4 is 15.5 Å². The first-order valence-corrected chi connectivity index (χ1v) is 8.33. The van der Waals surface area contributed by atoms with E-state index in [1.807, 2.05) is 35.7 Å². The summed E-state index contributed by atoms with van der Waals surface area (Å²) in [5, 5.41) is 5.22. The molecule has 138 valence electrons. The lowest BCUT2D eigenvalue weighted by atomic mass is 10.2. The Morgan fingerprint density at radius 1 is 1.11 bits per heavy atom. The first-order valence-electron chi connectivity index (χ1n) is 8.33. The number of nitrogens with zero attached hydrogens (tertiary/aromatic N) is 4. The second-order valence-corrected chi connectivity index (χ2v) is 6.07. The molecule has 0 atom stereocenters. The Morgan fingerprint density at radius 3 is 2.70 bits per heavy atom. The van der Waals surface area contributed by atoms with E-state index in [4.69, 9.17) is 0 Å². The Bertz CT molecular complexity index is 937. The second-order valence-electron chi connectivity index (χ2n) is 6.07. The summed E-state index contributed by atoms with van der Waals surface area (Å²) in [5.41, 5.74) is 2.22. The molecule has 2 aromatic heterocycles. The molecular weight excluding hydrogens is 344 g/mol. The van der Waals surface area contributed by atoms with E-state index < -0.39 is 11.8 Å². The number of carbonyl (C=O) groups excluding carboxylic acids is 2. The van der Waals surface area contributed by atoms with Gasteiger partial charge in [-0.05, 0) is 35.9 Å². The molecule has 0 radical (unpaired) electrons. The van der Waals surface area contributed by atoms with Gasteiger partial charge in [-0.2, -0.15) is 0 Å². The highest BCUT2D eigenvalue weighted by atomic mass is 16.2. The van der Waals surface area contributed by atoms with Crippen molar-refractivity contribution in [3.05, 3.63) is 66.9 Å². The smallest absolute Gasteiger partial charge is 0.313 e. The third kappa shape index (κ3) is 4.69. The summed E-state index contributed by atoms with van der Waals surface area (Å²) in [4.78, 5) is 34.3. The fraction of sp³-hybridized carbons (Fsp3) is 0.158. The monoisotopic (exact) mass is 364 g/mol. The molecule has 8 heteroatoms. The molecule has 27 heavy (non-hydrogen) atoms. The Morgan fingerprint density at radius 2 is 1.96 bits per heavy atom. The van der Waals surface area contributed by atoms with Gasteiger partial charge in [-0.3, -0.25) is 9.59 Å². The van der Waals surface area contributed by atoms with Gasteiger partial charge in [0.15, 0.2) is 0 Å². The van der Waals surface area contributed by atoms with E-state index in [-0.39, 0.29) is 6.54 Å². The number of aromatic nitrogens is 3. The summed E-state index contributed by atoms with van der Waals surface area (Å²) in [6.07, 6.45) is 6.78. The molecule has 1 aromatic carbocycles. The number of anilines is 2. The maximum atomic E-state index is 12.1. The van der Waals surface area contributed by atoms with E-state index in [0.29, 0.717) is 5.69 Å². The molecule has 2 amide bonds. The molecule has 0 saturated heterocycles. The van der Waals surface area contributed by atoms with E-state index in [9.17, 15) is 9.59 Å². The SMILES string of the molecule is CN(C)c1cc(CNC(=O)C(=O)Nc2cccc(-n3ccnc3)c2)ccn1. The summed E-state index contributed by atoms with van der Waals surface area (Å²) in [7, 11) is 3.77. The number of nitrogens with one attached hydrogen (secondary N) is 2. The first-order chi connectivity index (χ1) is 13.0. The topological polar surface area (TPSA) is 92.2 Å². The molecule has 0 fully saturated rings. The van der Waals surface area contributed by atoms with Crippen molar-refractivity contribution >= 4 is 23.3 Å². The van der Waals surface area contributed by atoms with Crippen LogP contribution in [0.25, 0.3) is 5.69 Å². The van der Waals surface area contributed by atoms with Gasteiger partial charge in [-0.1, -0.05) is 6.07 Å². The van der Waals surface area contributed by atoms with Crippen molar-refractivity contribution in [3.63, 3.8) is 0 Å². The van der Waals surface area contributed by atoms with Gasteiger partial charge in [0.05, 0.1) is 6.33 Å². The molecule has 3 rings (SSSR count). The third-order valence-electron chi connectivity index (χ3n) is 3.83. The predicted octanol–water partition coefficient (Wildman–Crippen LogP) is 1.59. The highest BCUT2D eigenvalue weighted by molar-refractivity contribution is 6.39. The minimum Gasteiger partial charge on any atom is -0.363 e. The summed E-state index contributed by atoms with van der Waals surface area (Å²) in [6, 6.07) is 10.8. The average molecular weight is 364 g/mol. The molecule has 2 N–H and O–H groups in total. The van der Waals surface area contributed by atoms with Crippen LogP contribution in [0.2, 0.25) is 0 Å². The lowest BCUT2D eigenvalue weighted by Gasteiger charge is -2.12. The molecule has 0 aliphatic rings. The van der Waals surface area contributed by atoms with Crippen LogP contribution in [0.15, 0.2) is 61.3 Å². The van der Waals surface area contributed by atoms with Crippen molar-refractivity contribution in [1.29, 1.82) is 0 Å². The molecule has 3 aromatic rings. The number of hydrogen-bond acceptors (Lipinski definition) is 5. The number of hydrogen-bond donors (Lipinski definition) is 2. The fourth-order valence-corrected chi connectivity index (χ4v) is 2.42. The predicted molar refractivity (Wildman–Crippen MR) is 103 cm³/mol. The maximum absolute atomic E-state index is 12.1. The van der Waals surface area contributed by atoms with Crippen molar-refractivity contribution in [2.24, 2.45) is 0 Å². The van der Waals surface area contributed by atoms with Gasteiger partial charge < -0.3 is 20.1 Å². The van der Waals surface area contributed by atoms with Gasteiger partial charge in [0.1, 0.15) is 5.82 Å². The van der Waals surface area contributed by atoms with E-state index >= 15 is 0 Å². The Hall–Kier alpha value is -3.68. The van der Waals surface area contributed by atoms with Crippen molar-refractivity contribution in [2.45, 2.75) is 6.54 Å². The highest BCUT2D eigenvalue weighted by Gasteiger charge is 2.14. The fourth-order valence-electron chi connectivity index (χ4n) is 2.42. The van der Waals surface area contributed by atoms with Gasteiger partial charge in [-0.25, -0.2) is 9.97 Å². The van der Waals surface area contributed by atoms with Gasteiger partial charge in [-0.15, -0.1) is 0 Å². The van der Waals surface area contributed by atoms with Crippen molar-refractivity contribution < 1.29 is 9.59 Å². The van der Waals surface area contributed by atoms with Gasteiger partial charge in [0.2, 0.25) is 0 Å². The molecular formula is C19H20N6O2. The molecule has 8 nitrogen and oxygen atoms in total. The average Bonchev–Trinajstić information content (AvgIpc) is 3.21. The lowest BCUT2D eigenvalue weighted by molar-refractivity contribution is -0.136. The highest BCUT2D eigenvalue weighted by Crippen LogP contribution is 2.14. The number of benzene rings is 1. The van der Waals surface area contributed by atoms with Gasteiger partial charge >= 0.3 is 11.8 Å². The van der Waals surface area contributed by atoms with Crippen LogP contribution in [-0.4, -0.2) is 40.4 Å². The van der Waals surface area contributed by atoms with Crippen molar-refractivity contribution in [2.75, 3.05) is 24.3 Å². The van der Waals surface area contributed by atoms with E-state index in [1.165, 1.54) is 0 Å². The molecule has 0 aliphatic heterocycles. The number of pyridine rings is 1. The van der Waals surface area contributed by atoms with Gasteiger partial charge in [0, 0.05) is 50.6 Å². The summed E-state index contributed by atoms with van der Waals surface area (Å²) in [5.74, 6) is -0.645. The number of imidazole rings is 1. The quantitative estimate of drug-likeness (QED) is 0.671. The van der Waals surface area contributed by atoms with Crippen LogP contribution in [0.1, 0.15) is 5.56 Å². The van der Waals surface area contributed by atoms with Crippen LogP contribution in [0.4, 0.5) is 11.5 Å². The zero-order valence-electron chi connectivity index (χ0n) is 15.1. The lowest BCUT2D eigenvalue weighted by Crippen LogP contribution is -2.35. The minimum atomic E-state index is -0.723. The van der Waals surface area contributed by atoms with Crippen molar-refractivity contribution in [1.82, 2.24) is 19.9 Å². The zero-order valence-corrected chi connectivity index (χ0v) is 15.1. The van der Waals surface area contributed by atoms with Crippen LogP contribution in [0, 0.1) is 0 Å². The number of amides is 2. The Kier molecular flexibility index (Phi) is 5.46. The Balaban J connectivity index is 1.59. The third-order valence-corrected chi connectivity index (χ3v) is 3.83. The van der Waals surface area contributed by atoms with Crippen molar-refractivity contribution in [3.8, 4) is 5.69 Å². The summed E-state index contributed by atoms with van der Waals surface area (Å²) in [6.45, 7) is 0.241. The van der Waals surface area contributed by atoms with Crippen LogP contribution in [0.3, 0.4) is 0 Å². The Labute approximate surface area is 156 Å². The first kappa shape index (κ1) is 18.1. The molecule has 0 aliphatic carbocycles. The molecule has 0 unspecified atom stereocenters. The van der Waals surface area contributed by atoms with E-state index in [2.05, 4.69) is 20.6 Å². The summed E-state index contributed by atoms with van der Waals surface area (Å²) < 4.78 is 1.81. The minimum absolute atomic E-state index is 0.241. The van der Waals surface area contributed by atoms with Crippen LogP contribution >= 0.6 is 0 Å². The number of carbonyl (C=O) groups is 2. The standard InChI is InChI=1S/C19H20N6O2/c1-24(2)17-10-14(6-7-21-17)12-22-18(26)19(27)23-15-4-3-5-16(11-15)25-9-8-20-13-25/h3-11,13H,12H2,1-2H3,(H,22,26)(H,23,27). The second kappa shape index (κ2) is 8.13. The molecule has 0 saturated carbocycles.